The normalized spacial score (nSPS) is 11.2. The molecular formula is C17H19ClN2O4S. The Morgan fingerprint density at radius 3 is 2.56 bits per heavy atom. The summed E-state index contributed by atoms with van der Waals surface area (Å²) in [5.41, 5.74) is -0.445. The van der Waals surface area contributed by atoms with Crippen LogP contribution in [0.1, 0.15) is 34.2 Å². The van der Waals surface area contributed by atoms with Crippen LogP contribution in [0.4, 0.5) is 0 Å². The van der Waals surface area contributed by atoms with Crippen LogP contribution in [0.2, 0.25) is 5.02 Å². The van der Waals surface area contributed by atoms with Gasteiger partial charge in [-0.15, -0.1) is 11.3 Å². The average molecular weight is 383 g/mol. The van der Waals surface area contributed by atoms with Crippen LogP contribution in [0.5, 0.6) is 5.75 Å². The number of nitrogens with zero attached hydrogens (tertiary/aromatic N) is 1. The molecule has 0 radical (unpaired) electrons. The van der Waals surface area contributed by atoms with Crippen LogP contribution in [-0.2, 0) is 11.4 Å². The molecule has 8 heteroatoms. The fraction of sp³-hybridized carbons (Fsp3) is 0.353. The Morgan fingerprint density at radius 1 is 1.32 bits per heavy atom. The van der Waals surface area contributed by atoms with Crippen molar-refractivity contribution in [3.63, 3.8) is 0 Å². The first-order valence-corrected chi connectivity index (χ1v) is 8.75. The highest BCUT2D eigenvalue weighted by Crippen LogP contribution is 2.22. The molecule has 0 saturated heterocycles. The van der Waals surface area contributed by atoms with Gasteiger partial charge in [0.15, 0.2) is 0 Å². The van der Waals surface area contributed by atoms with E-state index in [1.165, 1.54) is 11.3 Å². The van der Waals surface area contributed by atoms with Gasteiger partial charge in [0.25, 0.3) is 5.91 Å². The van der Waals surface area contributed by atoms with Crippen molar-refractivity contribution >= 4 is 34.8 Å². The molecule has 2 rings (SSSR count). The van der Waals surface area contributed by atoms with Gasteiger partial charge in [-0.05, 0) is 45.0 Å². The lowest BCUT2D eigenvalue weighted by atomic mass is 9.94. The maximum absolute atomic E-state index is 12.3. The largest absolute Gasteiger partial charge is 0.486 e. The number of amides is 1. The second-order valence-electron chi connectivity index (χ2n) is 6.14. The molecule has 1 heterocycles. The molecule has 0 aliphatic rings. The summed E-state index contributed by atoms with van der Waals surface area (Å²) in [6.07, 6.45) is 0. The van der Waals surface area contributed by atoms with Crippen LogP contribution in [0.3, 0.4) is 0 Å². The summed E-state index contributed by atoms with van der Waals surface area (Å²) < 4.78 is 5.62. The van der Waals surface area contributed by atoms with Gasteiger partial charge < -0.3 is 15.2 Å². The fourth-order valence-corrected chi connectivity index (χ4v) is 2.88. The van der Waals surface area contributed by atoms with E-state index in [1.54, 1.807) is 45.0 Å². The van der Waals surface area contributed by atoms with Crippen molar-refractivity contribution in [2.24, 2.45) is 5.41 Å². The Kier molecular flexibility index (Phi) is 6.02. The van der Waals surface area contributed by atoms with Crippen molar-refractivity contribution < 1.29 is 19.4 Å². The number of carbonyl (C=O) groups is 2. The van der Waals surface area contributed by atoms with Gasteiger partial charge in [0.1, 0.15) is 22.2 Å². The Labute approximate surface area is 154 Å². The highest BCUT2D eigenvalue weighted by molar-refractivity contribution is 7.13. The number of nitrogens with one attached hydrogen (secondary N) is 1. The number of rotatable bonds is 7. The van der Waals surface area contributed by atoms with Crippen LogP contribution in [0.25, 0.3) is 0 Å². The highest BCUT2D eigenvalue weighted by Gasteiger charge is 2.28. The quantitative estimate of drug-likeness (QED) is 0.764. The lowest BCUT2D eigenvalue weighted by Crippen LogP contribution is -2.38. The van der Waals surface area contributed by atoms with E-state index < -0.39 is 11.4 Å². The van der Waals surface area contributed by atoms with Crippen LogP contribution in [0, 0.1) is 12.3 Å². The van der Waals surface area contributed by atoms with Crippen LogP contribution in [-0.4, -0.2) is 28.5 Å². The molecule has 0 spiro atoms. The zero-order valence-electron chi connectivity index (χ0n) is 14.1. The number of carboxylic acid groups (broad SMARTS) is 1. The zero-order valence-corrected chi connectivity index (χ0v) is 15.7. The topological polar surface area (TPSA) is 88.5 Å². The van der Waals surface area contributed by atoms with Gasteiger partial charge in [0, 0.05) is 11.6 Å². The first-order chi connectivity index (χ1) is 11.7. The van der Waals surface area contributed by atoms with Gasteiger partial charge in [0.2, 0.25) is 0 Å². The van der Waals surface area contributed by atoms with Crippen LogP contribution < -0.4 is 10.1 Å². The lowest BCUT2D eigenvalue weighted by molar-refractivity contribution is -0.146. The number of ether oxygens (including phenoxy) is 1. The van der Waals surface area contributed by atoms with Crippen molar-refractivity contribution in [1.82, 2.24) is 10.3 Å². The van der Waals surface area contributed by atoms with Crippen molar-refractivity contribution in [1.29, 1.82) is 0 Å². The molecule has 0 atom stereocenters. The number of aryl methyl sites for hydroxylation is 1. The molecule has 0 bridgehead atoms. The molecule has 0 unspecified atom stereocenters. The third-order valence-electron chi connectivity index (χ3n) is 3.49. The third-order valence-corrected chi connectivity index (χ3v) is 4.87. The number of benzene rings is 1. The molecule has 134 valence electrons. The van der Waals surface area contributed by atoms with Crippen molar-refractivity contribution in [3.8, 4) is 5.75 Å². The van der Waals surface area contributed by atoms with Crippen molar-refractivity contribution in [2.45, 2.75) is 27.4 Å². The summed E-state index contributed by atoms with van der Waals surface area (Å²) >= 11 is 7.05. The number of hydrogen-bond acceptors (Lipinski definition) is 5. The number of carbonyl (C=O) groups excluding carboxylic acids is 1. The molecule has 0 aliphatic heterocycles. The third kappa shape index (κ3) is 5.17. The smallest absolute Gasteiger partial charge is 0.310 e. The maximum atomic E-state index is 12.3. The van der Waals surface area contributed by atoms with Crippen molar-refractivity contribution in [3.05, 3.63) is 44.9 Å². The summed E-state index contributed by atoms with van der Waals surface area (Å²) in [4.78, 5) is 28.2. The molecule has 6 nitrogen and oxygen atoms in total. The lowest BCUT2D eigenvalue weighted by Gasteiger charge is -2.19. The minimum Gasteiger partial charge on any atom is -0.486 e. The number of aliphatic carboxylic acids is 1. The first kappa shape index (κ1) is 19.2. The Bertz CT molecular complexity index is 771. The molecule has 1 aromatic carbocycles. The molecule has 25 heavy (non-hydrogen) atoms. The minimum absolute atomic E-state index is 0.0368. The Balaban J connectivity index is 1.97. The van der Waals surface area contributed by atoms with Gasteiger partial charge in [-0.1, -0.05) is 11.6 Å². The van der Waals surface area contributed by atoms with E-state index in [0.717, 1.165) is 0 Å². The SMILES string of the molecule is Cc1nc(COc2ccc(Cl)cc2)sc1C(=O)NCC(C)(C)C(=O)O. The number of thiazole rings is 1. The number of aromatic nitrogens is 1. The molecule has 0 fully saturated rings. The molecule has 2 N–H and O–H groups in total. The fourth-order valence-electron chi connectivity index (χ4n) is 1.86. The van der Waals surface area contributed by atoms with E-state index in [-0.39, 0.29) is 19.1 Å². The monoisotopic (exact) mass is 382 g/mol. The number of halogens is 1. The van der Waals surface area contributed by atoms with Gasteiger partial charge >= 0.3 is 5.97 Å². The van der Waals surface area contributed by atoms with E-state index in [0.29, 0.717) is 26.4 Å². The number of hydrogen-bond donors (Lipinski definition) is 2. The van der Waals surface area contributed by atoms with Crippen molar-refractivity contribution in [2.75, 3.05) is 6.54 Å². The summed E-state index contributed by atoms with van der Waals surface area (Å²) in [6.45, 7) is 5.12. The second kappa shape index (κ2) is 7.84. The zero-order chi connectivity index (χ0) is 18.6. The predicted molar refractivity (Wildman–Crippen MR) is 96.4 cm³/mol. The van der Waals surface area contributed by atoms with E-state index in [9.17, 15) is 9.59 Å². The van der Waals surface area contributed by atoms with Gasteiger partial charge in [-0.3, -0.25) is 9.59 Å². The molecule has 1 aromatic heterocycles. The van der Waals surface area contributed by atoms with Crippen LogP contribution >= 0.6 is 22.9 Å². The van der Waals surface area contributed by atoms with Gasteiger partial charge in [-0.25, -0.2) is 4.98 Å². The number of carboxylic acids is 1. The molecular weight excluding hydrogens is 364 g/mol. The maximum Gasteiger partial charge on any atom is 0.310 e. The molecule has 0 aliphatic carbocycles. The summed E-state index contributed by atoms with van der Waals surface area (Å²) in [5.74, 6) is -0.639. The van der Waals surface area contributed by atoms with E-state index >= 15 is 0 Å². The highest BCUT2D eigenvalue weighted by atomic mass is 35.5. The standard InChI is InChI=1S/C17H19ClN2O4S/c1-10-14(15(21)19-9-17(2,3)16(22)23)25-13(20-10)8-24-12-6-4-11(18)5-7-12/h4-7H,8-9H2,1-3H3,(H,19,21)(H,22,23). The first-order valence-electron chi connectivity index (χ1n) is 7.55. The Morgan fingerprint density at radius 2 is 1.96 bits per heavy atom. The van der Waals surface area contributed by atoms with E-state index in [4.69, 9.17) is 21.4 Å². The summed E-state index contributed by atoms with van der Waals surface area (Å²) in [6, 6.07) is 6.97. The summed E-state index contributed by atoms with van der Waals surface area (Å²) in [7, 11) is 0. The van der Waals surface area contributed by atoms with Crippen LogP contribution in [0.15, 0.2) is 24.3 Å². The van der Waals surface area contributed by atoms with E-state index in [1.807, 2.05) is 0 Å². The Hall–Kier alpha value is -2.12. The second-order valence-corrected chi connectivity index (χ2v) is 7.66. The molecule has 0 saturated carbocycles. The minimum atomic E-state index is -1.03. The predicted octanol–water partition coefficient (Wildman–Crippen LogP) is 3.52. The van der Waals surface area contributed by atoms with Gasteiger partial charge in [-0.2, -0.15) is 0 Å². The van der Waals surface area contributed by atoms with Gasteiger partial charge in [0.05, 0.1) is 11.1 Å². The molecule has 1 amide bonds. The summed E-state index contributed by atoms with van der Waals surface area (Å²) in [5, 5.41) is 13.0. The molecule has 2 aromatic rings. The van der Waals surface area contributed by atoms with E-state index in [2.05, 4.69) is 10.3 Å². The average Bonchev–Trinajstić information content (AvgIpc) is 2.93.